The molecular formula is C68H52O44. The van der Waals surface area contributed by atoms with Crippen LogP contribution < -0.4 is 4.74 Å². The Kier molecular flexibility index (Phi) is 20.6. The van der Waals surface area contributed by atoms with Gasteiger partial charge in [-0.25, -0.2) is 38.4 Å². The molecule has 8 aromatic rings. The first-order valence-electron chi connectivity index (χ1n) is 31.0. The molecular weight excluding hydrogens is 1520 g/mol. The van der Waals surface area contributed by atoms with Crippen molar-refractivity contribution < 1.29 is 218 Å². The molecule has 0 aliphatic carbocycles. The van der Waals surface area contributed by atoms with Crippen molar-refractivity contribution >= 4 is 47.8 Å². The third-order valence-corrected chi connectivity index (χ3v) is 16.8. The number of hydrogen-bond acceptors (Lipinski definition) is 44. The molecule has 0 radical (unpaired) electrons. The second kappa shape index (κ2) is 29.7. The molecule has 588 valence electrons. The molecule has 44 heteroatoms. The smallest absolute Gasteiger partial charge is 0.342 e. The first kappa shape index (κ1) is 77.7. The van der Waals surface area contributed by atoms with Crippen LogP contribution in [0.4, 0.5) is 0 Å². The fourth-order valence-corrected chi connectivity index (χ4v) is 11.2. The zero-order valence-electron chi connectivity index (χ0n) is 55.1. The van der Waals surface area contributed by atoms with Gasteiger partial charge in [0.25, 0.3) is 0 Å². The summed E-state index contributed by atoms with van der Waals surface area (Å²) in [5.74, 6) is -49.4. The molecule has 0 saturated carbocycles. The lowest BCUT2D eigenvalue weighted by Gasteiger charge is -2.44. The average molecular weight is 1570 g/mol. The van der Waals surface area contributed by atoms with E-state index in [1.165, 1.54) is 0 Å². The van der Waals surface area contributed by atoms with Crippen LogP contribution in [0.1, 0.15) is 82.9 Å². The number of carbonyl (C=O) groups is 8. The van der Waals surface area contributed by atoms with Gasteiger partial charge in [-0.1, -0.05) is 0 Å². The van der Waals surface area contributed by atoms with E-state index in [4.69, 9.17) is 52.1 Å². The standard InChI is InChI=1S/C68H52O44/c69-24-1-16(2-25(70)41(24)81)59(94)102-15-38-56(57(109-60(95)17-3-26(71)42(82)27(72)4-17)58(110-61(96)18-5-28(73)43(83)29(74)6-18)68(106-38)112-63(98)20-9-32(77)45(85)33(78)10-20)108-66(101)23-12-35(80)47(87)51(91)54(23)104-36-13-22-40(50(90)48(36)88)39-21(11-34(79)46(86)49(39)89)65(100)107-55-37(14-103-64(22)99)105-67(53(93)52(55)92)111-62(97)19-7-30(75)44(84)31(76)8-19/h1-13,37-38,52-53,55-58,67-93H,14-15H2/t37-,38-,52+,53-,55+,56-,57+,58-,67+,68+/m0/s1. The molecule has 0 unspecified atom stereocenters. The maximum Gasteiger partial charge on any atom is 0.342 e. The number of aliphatic hydroxyl groups excluding tert-OH is 2. The number of rotatable bonds is 15. The normalized spacial score (nSPS) is 19.9. The van der Waals surface area contributed by atoms with E-state index in [1.54, 1.807) is 0 Å². The van der Waals surface area contributed by atoms with Crippen LogP contribution in [0.3, 0.4) is 0 Å². The molecule has 0 bridgehead atoms. The van der Waals surface area contributed by atoms with Gasteiger partial charge >= 0.3 is 47.8 Å². The summed E-state index contributed by atoms with van der Waals surface area (Å²) < 4.78 is 61.2. The minimum absolute atomic E-state index is 0.132. The minimum atomic E-state index is -2.95. The fourth-order valence-electron chi connectivity index (χ4n) is 11.2. The van der Waals surface area contributed by atoms with Gasteiger partial charge in [-0.15, -0.1) is 0 Å². The number of esters is 8. The summed E-state index contributed by atoms with van der Waals surface area (Å²) in [6, 6.07) is 5.26. The van der Waals surface area contributed by atoms with Gasteiger partial charge in [-0.05, 0) is 66.7 Å². The molecule has 0 spiro atoms. The number of benzene rings is 8. The monoisotopic (exact) mass is 1570 g/mol. The number of aromatic hydroxyl groups is 23. The van der Waals surface area contributed by atoms with Gasteiger partial charge in [0.1, 0.15) is 43.2 Å². The molecule has 3 aliphatic rings. The largest absolute Gasteiger partial charge is 0.504 e. The van der Waals surface area contributed by atoms with E-state index >= 15 is 4.79 Å². The molecule has 3 aliphatic heterocycles. The van der Waals surface area contributed by atoms with Gasteiger partial charge in [0, 0.05) is 23.3 Å². The molecule has 8 aromatic carbocycles. The Balaban J connectivity index is 1.04. The van der Waals surface area contributed by atoms with Crippen molar-refractivity contribution in [2.45, 2.75) is 61.4 Å². The lowest BCUT2D eigenvalue weighted by atomic mass is 9.91. The molecule has 10 atom stereocenters. The number of hydrogen-bond donors (Lipinski definition) is 25. The highest BCUT2D eigenvalue weighted by molar-refractivity contribution is 6.09. The average Bonchev–Trinajstić information content (AvgIpc) is 1.27. The van der Waals surface area contributed by atoms with Crippen molar-refractivity contribution in [3.05, 3.63) is 123 Å². The second-order valence-electron chi connectivity index (χ2n) is 24.0. The summed E-state index contributed by atoms with van der Waals surface area (Å²) in [6.07, 6.45) is -26.1. The Bertz CT molecular complexity index is 5160. The Morgan fingerprint density at radius 3 is 1.17 bits per heavy atom. The van der Waals surface area contributed by atoms with E-state index < -0.39 is 322 Å². The maximum atomic E-state index is 15.4. The Labute approximate surface area is 617 Å². The zero-order chi connectivity index (χ0) is 82.0. The Hall–Kier alpha value is -15.4. The SMILES string of the molecule is O=C(OC[C@@H]1O[C@H](OC(=O)c2cc(O)c(O)c(O)c2)[C@@H](OC(=O)c2cc(O)c(O)c(O)c2)[C@H](OC(=O)c2cc(O)c(O)c(O)c2)[C@H]1OC(=O)c1cc(O)c(O)c(O)c1Oc1cc2c(c(O)c1O)-c1c(cc(O)c(O)c1O)C(=O)O[C@H]1[C@H](O)[C@H](O)[C@@H](OC(=O)c3cc(O)c(O)c(O)c3)O[C@H]1COC2=O)c1cc(O)c(O)c(O)c1. The van der Waals surface area contributed by atoms with Crippen LogP contribution in [0, 0.1) is 0 Å². The highest BCUT2D eigenvalue weighted by atomic mass is 16.8. The minimum Gasteiger partial charge on any atom is -0.504 e. The van der Waals surface area contributed by atoms with E-state index in [1.807, 2.05) is 0 Å². The lowest BCUT2D eigenvalue weighted by molar-refractivity contribution is -0.284. The second-order valence-corrected chi connectivity index (χ2v) is 24.0. The lowest BCUT2D eigenvalue weighted by Crippen LogP contribution is -2.63. The zero-order valence-corrected chi connectivity index (χ0v) is 55.1. The predicted octanol–water partition coefficient (Wildman–Crippen LogP) is 1.79. The summed E-state index contributed by atoms with van der Waals surface area (Å²) in [7, 11) is 0. The summed E-state index contributed by atoms with van der Waals surface area (Å²) >= 11 is 0. The number of phenolic OH excluding ortho intramolecular Hbond substituents is 23. The van der Waals surface area contributed by atoms with Gasteiger partial charge in [-0.3, -0.25) is 0 Å². The van der Waals surface area contributed by atoms with Crippen molar-refractivity contribution in [3.8, 4) is 155 Å². The number of phenols is 23. The van der Waals surface area contributed by atoms with E-state index in [0.717, 1.165) is 0 Å². The summed E-state index contributed by atoms with van der Waals surface area (Å²) in [4.78, 5) is 115. The summed E-state index contributed by atoms with van der Waals surface area (Å²) in [5, 5.41) is 267. The van der Waals surface area contributed by atoms with Gasteiger partial charge in [0.2, 0.25) is 41.7 Å². The number of ether oxygens (including phenoxy) is 11. The van der Waals surface area contributed by atoms with Crippen LogP contribution in [0.5, 0.6) is 144 Å². The van der Waals surface area contributed by atoms with Crippen LogP contribution in [0.25, 0.3) is 11.1 Å². The van der Waals surface area contributed by atoms with Crippen LogP contribution in [-0.4, -0.2) is 250 Å². The van der Waals surface area contributed by atoms with Crippen molar-refractivity contribution in [3.63, 3.8) is 0 Å². The first-order valence-corrected chi connectivity index (χ1v) is 31.0. The number of carbonyl (C=O) groups excluding carboxylic acids is 8. The van der Waals surface area contributed by atoms with Crippen LogP contribution >= 0.6 is 0 Å². The number of fused-ring (bicyclic) bond motifs is 4. The molecule has 0 aromatic heterocycles. The molecule has 3 heterocycles. The molecule has 25 N–H and O–H groups in total. The Morgan fingerprint density at radius 1 is 0.348 bits per heavy atom. The highest BCUT2D eigenvalue weighted by Crippen LogP contribution is 2.56. The van der Waals surface area contributed by atoms with Crippen molar-refractivity contribution in [1.29, 1.82) is 0 Å². The maximum absolute atomic E-state index is 15.4. The van der Waals surface area contributed by atoms with E-state index in [9.17, 15) is 161 Å². The summed E-state index contributed by atoms with van der Waals surface area (Å²) in [5.41, 5.74) is -11.3. The van der Waals surface area contributed by atoms with Crippen LogP contribution in [0.15, 0.2) is 78.9 Å². The van der Waals surface area contributed by atoms with Gasteiger partial charge in [-0.2, -0.15) is 0 Å². The fraction of sp³-hybridized carbons (Fsp3) is 0.176. The van der Waals surface area contributed by atoms with Gasteiger partial charge in [0.05, 0.1) is 38.9 Å². The molecule has 44 nitrogen and oxygen atoms in total. The quantitative estimate of drug-likeness (QED) is 0.0395. The van der Waals surface area contributed by atoms with E-state index in [-0.39, 0.29) is 12.1 Å². The van der Waals surface area contributed by atoms with Gasteiger partial charge in [0.15, 0.2) is 139 Å². The van der Waals surface area contributed by atoms with Crippen molar-refractivity contribution in [1.82, 2.24) is 0 Å². The van der Waals surface area contributed by atoms with Crippen molar-refractivity contribution in [2.24, 2.45) is 0 Å². The van der Waals surface area contributed by atoms with Crippen LogP contribution in [-0.2, 0) is 47.4 Å². The Morgan fingerprint density at radius 2 is 0.714 bits per heavy atom. The number of cyclic esters (lactones) is 1. The molecule has 0 amide bonds. The van der Waals surface area contributed by atoms with E-state index in [0.29, 0.717) is 66.7 Å². The molecule has 2 saturated heterocycles. The summed E-state index contributed by atoms with van der Waals surface area (Å²) in [6.45, 7) is -2.94. The molecule has 11 rings (SSSR count). The third-order valence-electron chi connectivity index (χ3n) is 16.8. The highest BCUT2D eigenvalue weighted by Gasteiger charge is 2.56. The van der Waals surface area contributed by atoms with Crippen LogP contribution in [0.2, 0.25) is 0 Å². The van der Waals surface area contributed by atoms with Gasteiger partial charge < -0.3 is 180 Å². The molecule has 112 heavy (non-hydrogen) atoms. The first-order chi connectivity index (χ1) is 52.6. The molecule has 2 fully saturated rings. The topological polar surface area (TPSA) is 744 Å². The number of aliphatic hydroxyl groups is 2. The van der Waals surface area contributed by atoms with Crippen molar-refractivity contribution in [2.75, 3.05) is 13.2 Å². The third kappa shape index (κ3) is 14.5. The van der Waals surface area contributed by atoms with E-state index in [2.05, 4.69) is 0 Å². The predicted molar refractivity (Wildman–Crippen MR) is 346 cm³/mol.